The van der Waals surface area contributed by atoms with E-state index in [0.717, 1.165) is 21.5 Å². The van der Waals surface area contributed by atoms with Crippen LogP contribution in [0, 0.1) is 6.92 Å². The van der Waals surface area contributed by atoms with Gasteiger partial charge in [-0.25, -0.2) is 0 Å². The van der Waals surface area contributed by atoms with Gasteiger partial charge in [0.15, 0.2) is 11.5 Å². The Morgan fingerprint density at radius 3 is 2.57 bits per heavy atom. The van der Waals surface area contributed by atoms with Gasteiger partial charge in [-0.1, -0.05) is 39.7 Å². The van der Waals surface area contributed by atoms with E-state index in [4.69, 9.17) is 9.47 Å². The fourth-order valence-corrected chi connectivity index (χ4v) is 3.10. The first-order valence-corrected chi connectivity index (χ1v) is 7.81. The van der Waals surface area contributed by atoms with Crippen LogP contribution in [0.3, 0.4) is 0 Å². The van der Waals surface area contributed by atoms with Crippen molar-refractivity contribution in [2.45, 2.75) is 13.0 Å². The Hall–Kier alpha value is -1.52. The summed E-state index contributed by atoms with van der Waals surface area (Å²) in [4.78, 5) is 0. The zero-order valence-electron chi connectivity index (χ0n) is 12.2. The van der Waals surface area contributed by atoms with Crippen LogP contribution in [0.5, 0.6) is 11.5 Å². The lowest BCUT2D eigenvalue weighted by molar-refractivity contribution is 0.171. The van der Waals surface area contributed by atoms with Crippen LogP contribution in [-0.4, -0.2) is 20.3 Å². The SMILES string of the molecule is CNC(c1ccc2c(c1)OCCO2)c1cc(C)ccc1Br. The van der Waals surface area contributed by atoms with Gasteiger partial charge in [-0.2, -0.15) is 0 Å². The van der Waals surface area contributed by atoms with E-state index in [1.165, 1.54) is 11.1 Å². The van der Waals surface area contributed by atoms with Gasteiger partial charge in [0, 0.05) is 4.47 Å². The molecule has 1 unspecified atom stereocenters. The quantitative estimate of drug-likeness (QED) is 0.914. The molecule has 2 aromatic rings. The second-order valence-electron chi connectivity index (χ2n) is 5.15. The van der Waals surface area contributed by atoms with Gasteiger partial charge < -0.3 is 14.8 Å². The normalized spacial score (nSPS) is 14.8. The minimum absolute atomic E-state index is 0.107. The number of hydrogen-bond donors (Lipinski definition) is 1. The summed E-state index contributed by atoms with van der Waals surface area (Å²) in [6, 6.07) is 12.6. The predicted molar refractivity (Wildman–Crippen MR) is 87.2 cm³/mol. The minimum Gasteiger partial charge on any atom is -0.486 e. The van der Waals surface area contributed by atoms with Gasteiger partial charge in [0.25, 0.3) is 0 Å². The first kappa shape index (κ1) is 14.4. The standard InChI is InChI=1S/C17H18BrNO2/c1-11-3-5-14(18)13(9-11)17(19-2)12-4-6-15-16(10-12)21-8-7-20-15/h3-6,9-10,17,19H,7-8H2,1-2H3. The molecule has 1 atom stereocenters. The van der Waals surface area contributed by atoms with Crippen molar-refractivity contribution in [2.75, 3.05) is 20.3 Å². The van der Waals surface area contributed by atoms with E-state index in [9.17, 15) is 0 Å². The van der Waals surface area contributed by atoms with Crippen LogP contribution < -0.4 is 14.8 Å². The lowest BCUT2D eigenvalue weighted by Gasteiger charge is -2.23. The smallest absolute Gasteiger partial charge is 0.161 e. The Kier molecular flexibility index (Phi) is 4.17. The summed E-state index contributed by atoms with van der Waals surface area (Å²) < 4.78 is 12.4. The summed E-state index contributed by atoms with van der Waals surface area (Å²) in [5.74, 6) is 1.64. The molecule has 0 fully saturated rings. The number of hydrogen-bond acceptors (Lipinski definition) is 3. The second kappa shape index (κ2) is 6.08. The summed E-state index contributed by atoms with van der Waals surface area (Å²) >= 11 is 3.65. The zero-order chi connectivity index (χ0) is 14.8. The third-order valence-corrected chi connectivity index (χ3v) is 4.37. The van der Waals surface area contributed by atoms with E-state index >= 15 is 0 Å². The van der Waals surface area contributed by atoms with Crippen LogP contribution in [0.1, 0.15) is 22.7 Å². The molecule has 1 heterocycles. The summed E-state index contributed by atoms with van der Waals surface area (Å²) in [5.41, 5.74) is 3.62. The molecule has 21 heavy (non-hydrogen) atoms. The predicted octanol–water partition coefficient (Wildman–Crippen LogP) is 3.84. The van der Waals surface area contributed by atoms with Gasteiger partial charge in [0.05, 0.1) is 6.04 Å². The van der Waals surface area contributed by atoms with Crippen LogP contribution in [0.25, 0.3) is 0 Å². The molecule has 0 saturated carbocycles. The zero-order valence-corrected chi connectivity index (χ0v) is 13.7. The highest BCUT2D eigenvalue weighted by Crippen LogP contribution is 2.36. The summed E-state index contributed by atoms with van der Waals surface area (Å²) in [6.45, 7) is 3.33. The highest BCUT2D eigenvalue weighted by atomic mass is 79.9. The van der Waals surface area contributed by atoms with Crippen molar-refractivity contribution in [3.63, 3.8) is 0 Å². The van der Waals surface area contributed by atoms with Crippen molar-refractivity contribution in [3.8, 4) is 11.5 Å². The van der Waals surface area contributed by atoms with Crippen molar-refractivity contribution >= 4 is 15.9 Å². The van der Waals surface area contributed by atoms with Gasteiger partial charge in [0.1, 0.15) is 13.2 Å². The van der Waals surface area contributed by atoms with E-state index in [1.54, 1.807) is 0 Å². The number of ether oxygens (including phenoxy) is 2. The number of halogens is 1. The molecule has 110 valence electrons. The fourth-order valence-electron chi connectivity index (χ4n) is 2.63. The third-order valence-electron chi connectivity index (χ3n) is 3.65. The molecule has 2 aromatic carbocycles. The molecule has 0 radical (unpaired) electrons. The minimum atomic E-state index is 0.107. The fraction of sp³-hybridized carbons (Fsp3) is 0.294. The van der Waals surface area contributed by atoms with Gasteiger partial charge in [-0.3, -0.25) is 0 Å². The highest BCUT2D eigenvalue weighted by Gasteiger charge is 2.19. The average molecular weight is 348 g/mol. The van der Waals surface area contributed by atoms with E-state index in [1.807, 2.05) is 13.1 Å². The molecule has 4 heteroatoms. The molecular formula is C17H18BrNO2. The highest BCUT2D eigenvalue weighted by molar-refractivity contribution is 9.10. The lowest BCUT2D eigenvalue weighted by Crippen LogP contribution is -2.20. The second-order valence-corrected chi connectivity index (χ2v) is 6.00. The number of rotatable bonds is 3. The molecule has 0 aliphatic carbocycles. The van der Waals surface area contributed by atoms with Crippen molar-refractivity contribution < 1.29 is 9.47 Å². The molecular weight excluding hydrogens is 330 g/mol. The summed E-state index contributed by atoms with van der Waals surface area (Å²) in [6.07, 6.45) is 0. The van der Waals surface area contributed by atoms with E-state index < -0.39 is 0 Å². The summed E-state index contributed by atoms with van der Waals surface area (Å²) in [7, 11) is 1.97. The van der Waals surface area contributed by atoms with Crippen molar-refractivity contribution in [1.29, 1.82) is 0 Å². The largest absolute Gasteiger partial charge is 0.486 e. The molecule has 0 saturated heterocycles. The lowest BCUT2D eigenvalue weighted by atomic mass is 9.97. The first-order valence-electron chi connectivity index (χ1n) is 7.02. The number of aryl methyl sites for hydroxylation is 1. The van der Waals surface area contributed by atoms with Gasteiger partial charge >= 0.3 is 0 Å². The molecule has 0 spiro atoms. The van der Waals surface area contributed by atoms with Gasteiger partial charge in [-0.05, 0) is 43.3 Å². The van der Waals surface area contributed by atoms with Gasteiger partial charge in [-0.15, -0.1) is 0 Å². The molecule has 0 amide bonds. The molecule has 0 aromatic heterocycles. The monoisotopic (exact) mass is 347 g/mol. The van der Waals surface area contributed by atoms with Crippen LogP contribution in [0.15, 0.2) is 40.9 Å². The average Bonchev–Trinajstić information content (AvgIpc) is 2.51. The third kappa shape index (κ3) is 2.92. The summed E-state index contributed by atoms with van der Waals surface area (Å²) in [5, 5.41) is 3.38. The Morgan fingerprint density at radius 2 is 1.81 bits per heavy atom. The Bertz CT molecular complexity index is 657. The molecule has 3 rings (SSSR count). The van der Waals surface area contributed by atoms with E-state index in [-0.39, 0.29) is 6.04 Å². The van der Waals surface area contributed by atoms with Crippen LogP contribution in [-0.2, 0) is 0 Å². The molecule has 0 bridgehead atoms. The number of nitrogens with one attached hydrogen (secondary N) is 1. The van der Waals surface area contributed by atoms with E-state index in [0.29, 0.717) is 13.2 Å². The van der Waals surface area contributed by atoms with Crippen LogP contribution >= 0.6 is 15.9 Å². The van der Waals surface area contributed by atoms with Crippen molar-refractivity contribution in [2.24, 2.45) is 0 Å². The Labute approximate surface area is 133 Å². The Balaban J connectivity index is 2.01. The number of benzene rings is 2. The maximum atomic E-state index is 5.68. The first-order chi connectivity index (χ1) is 10.2. The topological polar surface area (TPSA) is 30.5 Å². The number of fused-ring (bicyclic) bond motifs is 1. The molecule has 1 N–H and O–H groups in total. The van der Waals surface area contributed by atoms with Crippen molar-refractivity contribution in [3.05, 3.63) is 57.6 Å². The molecule has 3 nitrogen and oxygen atoms in total. The van der Waals surface area contributed by atoms with Crippen LogP contribution in [0.2, 0.25) is 0 Å². The van der Waals surface area contributed by atoms with E-state index in [2.05, 4.69) is 58.5 Å². The van der Waals surface area contributed by atoms with Crippen molar-refractivity contribution in [1.82, 2.24) is 5.32 Å². The Morgan fingerprint density at radius 1 is 1.05 bits per heavy atom. The molecule has 1 aliphatic heterocycles. The molecule has 1 aliphatic rings. The maximum Gasteiger partial charge on any atom is 0.161 e. The maximum absolute atomic E-state index is 5.68. The van der Waals surface area contributed by atoms with Crippen LogP contribution in [0.4, 0.5) is 0 Å². The van der Waals surface area contributed by atoms with Gasteiger partial charge in [0.2, 0.25) is 0 Å².